The summed E-state index contributed by atoms with van der Waals surface area (Å²) < 4.78 is 25.8. The Bertz CT molecular complexity index is 505. The molecule has 0 aliphatic carbocycles. The first-order chi connectivity index (χ1) is 7.49. The molecule has 0 aliphatic rings. The molecule has 1 rings (SSSR count). The van der Waals surface area contributed by atoms with Gasteiger partial charge in [-0.3, -0.25) is 9.71 Å². The topological polar surface area (TPSA) is 82.8 Å². The molecule has 0 aromatic carbocycles. The van der Waals surface area contributed by atoms with Crippen LogP contribution in [0.2, 0.25) is 0 Å². The van der Waals surface area contributed by atoms with Gasteiger partial charge in [0.2, 0.25) is 10.0 Å². The second-order valence-electron chi connectivity index (χ2n) is 3.36. The van der Waals surface area contributed by atoms with E-state index in [-0.39, 0.29) is 6.42 Å². The van der Waals surface area contributed by atoms with Crippen LogP contribution in [-0.4, -0.2) is 18.7 Å². The molecule has 1 aromatic heterocycles. The van der Waals surface area contributed by atoms with Crippen molar-refractivity contribution in [1.82, 2.24) is 4.98 Å². The summed E-state index contributed by atoms with van der Waals surface area (Å²) >= 11 is 0. The van der Waals surface area contributed by atoms with E-state index in [4.69, 9.17) is 5.26 Å². The van der Waals surface area contributed by atoms with Crippen LogP contribution in [0.1, 0.15) is 19.0 Å². The molecule has 0 bridgehead atoms. The summed E-state index contributed by atoms with van der Waals surface area (Å²) in [6, 6.07) is 4.92. The zero-order valence-electron chi connectivity index (χ0n) is 9.14. The number of hydrogen-bond acceptors (Lipinski definition) is 4. The van der Waals surface area contributed by atoms with Crippen molar-refractivity contribution >= 4 is 15.7 Å². The quantitative estimate of drug-likeness (QED) is 0.861. The number of pyridine rings is 1. The number of sulfonamides is 1. The van der Waals surface area contributed by atoms with E-state index in [1.807, 2.05) is 0 Å². The van der Waals surface area contributed by atoms with Gasteiger partial charge in [0.1, 0.15) is 0 Å². The van der Waals surface area contributed by atoms with E-state index in [1.165, 1.54) is 6.20 Å². The van der Waals surface area contributed by atoms with Gasteiger partial charge in [-0.25, -0.2) is 8.42 Å². The molecule has 1 atom stereocenters. The van der Waals surface area contributed by atoms with Gasteiger partial charge < -0.3 is 0 Å². The first-order valence-electron chi connectivity index (χ1n) is 4.83. The van der Waals surface area contributed by atoms with Gasteiger partial charge in [-0.05, 0) is 25.5 Å². The number of nitrogens with zero attached hydrogens (tertiary/aromatic N) is 2. The smallest absolute Gasteiger partial charge is 0.249 e. The minimum Gasteiger partial charge on any atom is -0.282 e. The van der Waals surface area contributed by atoms with E-state index in [2.05, 4.69) is 9.71 Å². The van der Waals surface area contributed by atoms with Gasteiger partial charge in [-0.15, -0.1) is 0 Å². The van der Waals surface area contributed by atoms with Crippen LogP contribution >= 0.6 is 0 Å². The van der Waals surface area contributed by atoms with Crippen LogP contribution in [0.25, 0.3) is 0 Å². The summed E-state index contributed by atoms with van der Waals surface area (Å²) in [6.45, 7) is 3.42. The molecule has 1 aromatic rings. The van der Waals surface area contributed by atoms with E-state index in [9.17, 15) is 8.42 Å². The Morgan fingerprint density at radius 3 is 2.81 bits per heavy atom. The Labute approximate surface area is 95.2 Å². The molecule has 16 heavy (non-hydrogen) atoms. The maximum absolute atomic E-state index is 11.7. The summed E-state index contributed by atoms with van der Waals surface area (Å²) in [4.78, 5) is 3.96. The van der Waals surface area contributed by atoms with Crippen molar-refractivity contribution in [2.45, 2.75) is 25.5 Å². The van der Waals surface area contributed by atoms with Gasteiger partial charge in [-0.1, -0.05) is 6.92 Å². The number of anilines is 1. The zero-order chi connectivity index (χ0) is 12.2. The minimum absolute atomic E-state index is 0.260. The normalized spacial score (nSPS) is 12.8. The van der Waals surface area contributed by atoms with Crippen molar-refractivity contribution in [3.05, 3.63) is 24.0 Å². The average Bonchev–Trinajstić information content (AvgIpc) is 2.18. The molecule has 86 valence electrons. The highest BCUT2D eigenvalue weighted by molar-refractivity contribution is 7.93. The Hall–Kier alpha value is -1.61. The van der Waals surface area contributed by atoms with Gasteiger partial charge >= 0.3 is 0 Å². The van der Waals surface area contributed by atoms with Crippen molar-refractivity contribution in [2.75, 3.05) is 4.72 Å². The third kappa shape index (κ3) is 2.94. The van der Waals surface area contributed by atoms with Crippen LogP contribution < -0.4 is 4.72 Å². The highest BCUT2D eigenvalue weighted by Gasteiger charge is 2.23. The lowest BCUT2D eigenvalue weighted by atomic mass is 10.3. The molecule has 1 unspecified atom stereocenters. The van der Waals surface area contributed by atoms with Crippen molar-refractivity contribution in [3.63, 3.8) is 0 Å². The fourth-order valence-corrected chi connectivity index (χ4v) is 2.40. The fourth-order valence-electron chi connectivity index (χ4n) is 1.22. The fraction of sp³-hybridized carbons (Fsp3) is 0.400. The molecule has 0 spiro atoms. The van der Waals surface area contributed by atoms with E-state index >= 15 is 0 Å². The van der Waals surface area contributed by atoms with E-state index < -0.39 is 15.3 Å². The van der Waals surface area contributed by atoms with Crippen LogP contribution in [0.4, 0.5) is 5.69 Å². The summed E-state index contributed by atoms with van der Waals surface area (Å²) in [7, 11) is -3.63. The first kappa shape index (κ1) is 12.5. The molecule has 5 nitrogen and oxygen atoms in total. The van der Waals surface area contributed by atoms with Crippen molar-refractivity contribution in [1.29, 1.82) is 5.26 Å². The number of aromatic nitrogens is 1. The molecule has 1 N–H and O–H groups in total. The van der Waals surface area contributed by atoms with Crippen LogP contribution in [0.3, 0.4) is 0 Å². The van der Waals surface area contributed by atoms with Crippen LogP contribution in [0, 0.1) is 18.3 Å². The Kier molecular flexibility index (Phi) is 3.85. The molecule has 0 amide bonds. The maximum atomic E-state index is 11.7. The van der Waals surface area contributed by atoms with E-state index in [0.717, 1.165) is 0 Å². The lowest BCUT2D eigenvalue weighted by Gasteiger charge is -2.11. The summed E-state index contributed by atoms with van der Waals surface area (Å²) in [6.07, 6.45) is 1.77. The number of rotatable bonds is 4. The van der Waals surface area contributed by atoms with E-state index in [0.29, 0.717) is 11.4 Å². The van der Waals surface area contributed by atoms with Crippen molar-refractivity contribution < 1.29 is 8.42 Å². The molecular formula is C10H13N3O2S. The van der Waals surface area contributed by atoms with Crippen LogP contribution in [-0.2, 0) is 10.0 Å². The Balaban J connectivity index is 2.94. The number of nitrogens with one attached hydrogen (secondary N) is 1. The lowest BCUT2D eigenvalue weighted by Crippen LogP contribution is -2.25. The monoisotopic (exact) mass is 239 g/mol. The minimum atomic E-state index is -3.63. The van der Waals surface area contributed by atoms with Gasteiger partial charge in [0.15, 0.2) is 5.25 Å². The number of hydrogen-bond donors (Lipinski definition) is 1. The largest absolute Gasteiger partial charge is 0.282 e. The first-order valence-corrected chi connectivity index (χ1v) is 6.38. The summed E-state index contributed by atoms with van der Waals surface area (Å²) in [5.74, 6) is 0. The standard InChI is InChI=1S/C10H13N3O2S/c1-3-10(7-11)16(14,15)13-9-4-5-12-8(2)6-9/h4-6,10H,3H2,1-2H3,(H,12,13). The van der Waals surface area contributed by atoms with E-state index in [1.54, 1.807) is 32.0 Å². The highest BCUT2D eigenvalue weighted by Crippen LogP contribution is 2.13. The number of aryl methyl sites for hydroxylation is 1. The molecular weight excluding hydrogens is 226 g/mol. The molecule has 0 aliphatic heterocycles. The second kappa shape index (κ2) is 4.94. The zero-order valence-corrected chi connectivity index (χ0v) is 9.95. The SMILES string of the molecule is CCC(C#N)S(=O)(=O)Nc1ccnc(C)c1. The molecule has 0 radical (unpaired) electrons. The second-order valence-corrected chi connectivity index (χ2v) is 5.22. The van der Waals surface area contributed by atoms with Crippen LogP contribution in [0.15, 0.2) is 18.3 Å². The van der Waals surface area contributed by atoms with Gasteiger partial charge in [0.25, 0.3) is 0 Å². The summed E-state index contributed by atoms with van der Waals surface area (Å²) in [5, 5.41) is 7.69. The average molecular weight is 239 g/mol. The van der Waals surface area contributed by atoms with Gasteiger partial charge in [-0.2, -0.15) is 5.26 Å². The molecule has 0 saturated carbocycles. The van der Waals surface area contributed by atoms with Crippen LogP contribution in [0.5, 0.6) is 0 Å². The lowest BCUT2D eigenvalue weighted by molar-refractivity contribution is 0.593. The third-order valence-corrected chi connectivity index (χ3v) is 3.75. The molecule has 0 fully saturated rings. The van der Waals surface area contributed by atoms with Gasteiger partial charge in [0, 0.05) is 11.9 Å². The number of nitriles is 1. The maximum Gasteiger partial charge on any atom is 0.249 e. The van der Waals surface area contributed by atoms with Crippen molar-refractivity contribution in [3.8, 4) is 6.07 Å². The van der Waals surface area contributed by atoms with Gasteiger partial charge in [0.05, 0.1) is 11.8 Å². The van der Waals surface area contributed by atoms with Crippen molar-refractivity contribution in [2.24, 2.45) is 0 Å². The predicted octanol–water partition coefficient (Wildman–Crippen LogP) is 1.43. The molecule has 1 heterocycles. The Morgan fingerprint density at radius 2 is 2.31 bits per heavy atom. The third-order valence-electron chi connectivity index (χ3n) is 2.05. The predicted molar refractivity (Wildman–Crippen MR) is 61.2 cm³/mol. The highest BCUT2D eigenvalue weighted by atomic mass is 32.2. The summed E-state index contributed by atoms with van der Waals surface area (Å²) in [5.41, 5.74) is 1.14. The molecule has 0 saturated heterocycles. The Morgan fingerprint density at radius 1 is 1.62 bits per heavy atom. The molecule has 6 heteroatoms.